The van der Waals surface area contributed by atoms with Gasteiger partial charge in [-0.05, 0) is 53.4 Å². The summed E-state index contributed by atoms with van der Waals surface area (Å²) in [5.74, 6) is 2.38. The van der Waals surface area contributed by atoms with Gasteiger partial charge in [-0.15, -0.1) is 0 Å². The first kappa shape index (κ1) is 25.5. The number of hydrogen-bond acceptors (Lipinski definition) is 7. The van der Waals surface area contributed by atoms with Crippen LogP contribution in [-0.2, 0) is 26.1 Å². The summed E-state index contributed by atoms with van der Waals surface area (Å²) < 4.78 is 21.9. The van der Waals surface area contributed by atoms with Gasteiger partial charge in [0, 0.05) is 36.7 Å². The summed E-state index contributed by atoms with van der Waals surface area (Å²) in [6, 6.07) is 21.9. The Morgan fingerprint density at radius 2 is 1.93 bits per heavy atom. The Labute approximate surface area is 231 Å². The fourth-order valence-electron chi connectivity index (χ4n) is 4.86. The first-order valence-corrected chi connectivity index (χ1v) is 13.2. The Hall–Kier alpha value is -4.76. The monoisotopic (exact) mass is 538 g/mol. The highest BCUT2D eigenvalue weighted by molar-refractivity contribution is 5.91. The summed E-state index contributed by atoms with van der Waals surface area (Å²) in [6.07, 6.45) is 4.33. The molecule has 0 saturated carbocycles. The van der Waals surface area contributed by atoms with E-state index in [-0.39, 0.29) is 18.4 Å². The lowest BCUT2D eigenvalue weighted by Gasteiger charge is -2.21. The molecule has 40 heavy (non-hydrogen) atoms. The molecule has 3 aromatic carbocycles. The molecule has 9 nitrogen and oxygen atoms in total. The van der Waals surface area contributed by atoms with E-state index < -0.39 is 0 Å². The molecule has 0 atom stereocenters. The fraction of sp³-hybridized carbons (Fsp3) is 0.226. The predicted octanol–water partition coefficient (Wildman–Crippen LogP) is 5.07. The number of amides is 1. The minimum Gasteiger partial charge on any atom is -0.497 e. The van der Waals surface area contributed by atoms with Crippen LogP contribution in [0.25, 0.3) is 10.9 Å². The number of oxazole rings is 1. The zero-order valence-corrected chi connectivity index (χ0v) is 22.2. The molecule has 6 rings (SSSR count). The van der Waals surface area contributed by atoms with Crippen molar-refractivity contribution in [3.05, 3.63) is 107 Å². The van der Waals surface area contributed by atoms with Gasteiger partial charge in [0.2, 0.25) is 12.7 Å². The van der Waals surface area contributed by atoms with Gasteiger partial charge in [-0.3, -0.25) is 9.69 Å². The highest BCUT2D eigenvalue weighted by atomic mass is 16.7. The zero-order valence-electron chi connectivity index (χ0n) is 22.2. The number of H-pyrrole nitrogens is 1. The summed E-state index contributed by atoms with van der Waals surface area (Å²) in [6.45, 7) is 2.45. The third-order valence-electron chi connectivity index (χ3n) is 6.95. The van der Waals surface area contributed by atoms with Crippen molar-refractivity contribution >= 4 is 16.8 Å². The Balaban J connectivity index is 1.12. The second kappa shape index (κ2) is 11.5. The summed E-state index contributed by atoms with van der Waals surface area (Å²) >= 11 is 0. The molecule has 0 radical (unpaired) electrons. The summed E-state index contributed by atoms with van der Waals surface area (Å²) in [4.78, 5) is 22.9. The maximum Gasteiger partial charge on any atom is 0.273 e. The molecule has 204 valence electrons. The van der Waals surface area contributed by atoms with Crippen LogP contribution in [0, 0.1) is 0 Å². The third-order valence-corrected chi connectivity index (χ3v) is 6.95. The number of aromatic amines is 1. The molecule has 1 aliphatic rings. The van der Waals surface area contributed by atoms with Crippen molar-refractivity contribution < 1.29 is 23.4 Å². The van der Waals surface area contributed by atoms with Gasteiger partial charge in [-0.1, -0.05) is 36.4 Å². The third kappa shape index (κ3) is 5.79. The summed E-state index contributed by atoms with van der Waals surface area (Å²) in [7, 11) is 1.67. The Morgan fingerprint density at radius 3 is 2.85 bits per heavy atom. The molecule has 2 N–H and O–H groups in total. The molecular formula is C31H30N4O5. The van der Waals surface area contributed by atoms with Crippen molar-refractivity contribution in [2.45, 2.75) is 26.1 Å². The van der Waals surface area contributed by atoms with Crippen LogP contribution >= 0.6 is 0 Å². The number of rotatable bonds is 11. The number of carbonyl (C=O) groups excluding carboxylic acids is 1. The van der Waals surface area contributed by atoms with Gasteiger partial charge in [0.25, 0.3) is 5.91 Å². The molecule has 0 bridgehead atoms. The van der Waals surface area contributed by atoms with Crippen LogP contribution in [0.2, 0.25) is 0 Å². The minimum atomic E-state index is -0.300. The predicted molar refractivity (Wildman–Crippen MR) is 149 cm³/mol. The molecule has 9 heteroatoms. The van der Waals surface area contributed by atoms with E-state index >= 15 is 0 Å². The molecule has 0 aliphatic carbocycles. The van der Waals surface area contributed by atoms with Gasteiger partial charge in [-0.2, -0.15) is 0 Å². The number of benzene rings is 3. The summed E-state index contributed by atoms with van der Waals surface area (Å²) in [5, 5.41) is 4.12. The molecular weight excluding hydrogens is 508 g/mol. The first-order valence-electron chi connectivity index (χ1n) is 13.2. The van der Waals surface area contributed by atoms with Crippen LogP contribution < -0.4 is 19.5 Å². The average molecular weight is 539 g/mol. The fourth-order valence-corrected chi connectivity index (χ4v) is 4.86. The molecule has 0 spiro atoms. The van der Waals surface area contributed by atoms with Gasteiger partial charge < -0.3 is 28.9 Å². The maximum atomic E-state index is 12.8. The number of para-hydroxylation sites is 1. The van der Waals surface area contributed by atoms with Crippen molar-refractivity contribution in [2.24, 2.45) is 0 Å². The molecule has 5 aromatic rings. The van der Waals surface area contributed by atoms with Crippen LogP contribution in [0.5, 0.6) is 17.2 Å². The molecule has 1 amide bonds. The molecule has 2 aromatic heterocycles. The maximum absolute atomic E-state index is 12.8. The van der Waals surface area contributed by atoms with Gasteiger partial charge in [0.05, 0.1) is 13.7 Å². The Bertz CT molecular complexity index is 1630. The number of hydrogen-bond donors (Lipinski definition) is 2. The largest absolute Gasteiger partial charge is 0.497 e. The standard InChI is InChI=1S/C31H30N4O5/c1-37-24-6-4-5-22(13-24)17-35(12-11-23-16-32-26-8-3-2-7-25(23)26)18-30-34-27(19-38-30)31(36)33-15-21-9-10-28-29(14-21)40-20-39-28/h2-10,13-14,16,19,32H,11-12,15,17-18,20H2,1H3,(H,33,36). The Kier molecular flexibility index (Phi) is 7.37. The number of methoxy groups -OCH3 is 1. The summed E-state index contributed by atoms with van der Waals surface area (Å²) in [5.41, 5.74) is 4.64. The van der Waals surface area contributed by atoms with E-state index in [1.165, 1.54) is 17.2 Å². The van der Waals surface area contributed by atoms with E-state index in [4.69, 9.17) is 18.6 Å². The average Bonchev–Trinajstić information content (AvgIpc) is 3.74. The quantitative estimate of drug-likeness (QED) is 0.242. The number of nitrogens with one attached hydrogen (secondary N) is 2. The van der Waals surface area contributed by atoms with Crippen LogP contribution in [0.1, 0.15) is 33.1 Å². The van der Waals surface area contributed by atoms with Crippen molar-refractivity contribution in [1.29, 1.82) is 0 Å². The molecule has 1 aliphatic heterocycles. The van der Waals surface area contributed by atoms with Crippen molar-refractivity contribution in [2.75, 3.05) is 20.4 Å². The first-order chi connectivity index (χ1) is 19.6. The highest BCUT2D eigenvalue weighted by Gasteiger charge is 2.18. The van der Waals surface area contributed by atoms with E-state index in [2.05, 4.69) is 50.6 Å². The lowest BCUT2D eigenvalue weighted by molar-refractivity contribution is 0.0945. The normalized spacial score (nSPS) is 12.2. The van der Waals surface area contributed by atoms with E-state index in [1.807, 2.05) is 42.5 Å². The highest BCUT2D eigenvalue weighted by Crippen LogP contribution is 2.32. The molecule has 0 unspecified atom stereocenters. The second-order valence-corrected chi connectivity index (χ2v) is 9.67. The van der Waals surface area contributed by atoms with E-state index in [0.29, 0.717) is 37.0 Å². The zero-order chi connectivity index (χ0) is 27.3. The van der Waals surface area contributed by atoms with Crippen LogP contribution in [0.4, 0.5) is 0 Å². The lowest BCUT2D eigenvalue weighted by atomic mass is 10.1. The number of carbonyl (C=O) groups is 1. The number of ether oxygens (including phenoxy) is 3. The van der Waals surface area contributed by atoms with Crippen LogP contribution in [0.15, 0.2) is 83.6 Å². The topological polar surface area (TPSA) is 102 Å². The Morgan fingerprint density at radius 1 is 1.02 bits per heavy atom. The smallest absolute Gasteiger partial charge is 0.273 e. The van der Waals surface area contributed by atoms with Crippen LogP contribution in [-0.4, -0.2) is 41.2 Å². The second-order valence-electron chi connectivity index (χ2n) is 9.67. The number of nitrogens with zero attached hydrogens (tertiary/aromatic N) is 2. The van der Waals surface area contributed by atoms with Gasteiger partial charge >= 0.3 is 0 Å². The van der Waals surface area contributed by atoms with E-state index in [0.717, 1.165) is 35.4 Å². The van der Waals surface area contributed by atoms with E-state index in [1.54, 1.807) is 7.11 Å². The lowest BCUT2D eigenvalue weighted by Crippen LogP contribution is -2.26. The minimum absolute atomic E-state index is 0.212. The van der Waals surface area contributed by atoms with Crippen LogP contribution in [0.3, 0.4) is 0 Å². The molecule has 3 heterocycles. The van der Waals surface area contributed by atoms with Crippen molar-refractivity contribution in [1.82, 2.24) is 20.2 Å². The molecule has 0 fully saturated rings. The number of aromatic nitrogens is 2. The van der Waals surface area contributed by atoms with Gasteiger partial charge in [-0.25, -0.2) is 4.98 Å². The van der Waals surface area contributed by atoms with E-state index in [9.17, 15) is 4.79 Å². The van der Waals surface area contributed by atoms with Gasteiger partial charge in [0.1, 0.15) is 12.0 Å². The SMILES string of the molecule is COc1cccc(CN(CCc2c[nH]c3ccccc23)Cc2nc(C(=O)NCc3ccc4c(c3)OCO4)co2)c1. The van der Waals surface area contributed by atoms with Crippen molar-refractivity contribution in [3.63, 3.8) is 0 Å². The molecule has 0 saturated heterocycles. The number of fused-ring (bicyclic) bond motifs is 2. The van der Waals surface area contributed by atoms with Crippen molar-refractivity contribution in [3.8, 4) is 17.2 Å². The van der Waals surface area contributed by atoms with Gasteiger partial charge in [0.15, 0.2) is 17.2 Å².